The lowest BCUT2D eigenvalue weighted by atomic mass is 9.88. The minimum absolute atomic E-state index is 0.194. The topological polar surface area (TPSA) is 82.1 Å². The van der Waals surface area contributed by atoms with Crippen LogP contribution in [0.15, 0.2) is 42.6 Å². The maximum Gasteiger partial charge on any atom is 0.272 e. The number of hydrogen-bond acceptors (Lipinski definition) is 4. The highest BCUT2D eigenvalue weighted by Gasteiger charge is 2.37. The first-order valence-electron chi connectivity index (χ1n) is 8.14. The second-order valence-electron chi connectivity index (χ2n) is 6.30. The molecule has 0 radical (unpaired) electrons. The number of carbonyl (C=O) groups is 1. The summed E-state index contributed by atoms with van der Waals surface area (Å²) in [7, 11) is 0. The van der Waals surface area contributed by atoms with Gasteiger partial charge in [-0.25, -0.2) is 9.37 Å². The van der Waals surface area contributed by atoms with E-state index in [-0.39, 0.29) is 17.1 Å². The minimum atomic E-state index is -1.00. The molecule has 3 heterocycles. The summed E-state index contributed by atoms with van der Waals surface area (Å²) in [5, 5.41) is 18.0. The Balaban J connectivity index is 1.54. The third-order valence-corrected chi connectivity index (χ3v) is 4.77. The van der Waals surface area contributed by atoms with Crippen LogP contribution in [0.25, 0.3) is 10.9 Å². The SMILES string of the molecule is O=C(c1ccc2cccc(F)c2n1)N1CCC(O)(c2ccn[nH]2)CC1. The van der Waals surface area contributed by atoms with Crippen molar-refractivity contribution in [1.29, 1.82) is 0 Å². The number of aromatic nitrogens is 3. The fraction of sp³-hybridized carbons (Fsp3) is 0.278. The summed E-state index contributed by atoms with van der Waals surface area (Å²) < 4.78 is 13.9. The fourth-order valence-corrected chi connectivity index (χ4v) is 3.26. The lowest BCUT2D eigenvalue weighted by Gasteiger charge is -2.37. The molecular formula is C18H17FN4O2. The highest BCUT2D eigenvalue weighted by molar-refractivity contribution is 5.95. The molecule has 2 aromatic heterocycles. The molecule has 0 unspecified atom stereocenters. The molecule has 1 aliphatic heterocycles. The van der Waals surface area contributed by atoms with Crippen LogP contribution in [0.5, 0.6) is 0 Å². The van der Waals surface area contributed by atoms with E-state index >= 15 is 0 Å². The molecule has 1 saturated heterocycles. The molecule has 6 nitrogen and oxygen atoms in total. The molecular weight excluding hydrogens is 323 g/mol. The van der Waals surface area contributed by atoms with Crippen molar-refractivity contribution >= 4 is 16.8 Å². The van der Waals surface area contributed by atoms with E-state index in [0.717, 1.165) is 0 Å². The predicted molar refractivity (Wildman–Crippen MR) is 89.3 cm³/mol. The number of carbonyl (C=O) groups excluding carboxylic acids is 1. The van der Waals surface area contributed by atoms with E-state index in [9.17, 15) is 14.3 Å². The molecule has 2 N–H and O–H groups in total. The molecule has 0 atom stereocenters. The molecule has 1 fully saturated rings. The van der Waals surface area contributed by atoms with Crippen molar-refractivity contribution in [3.63, 3.8) is 0 Å². The number of aromatic amines is 1. The van der Waals surface area contributed by atoms with Gasteiger partial charge in [0, 0.05) is 24.7 Å². The van der Waals surface area contributed by atoms with E-state index in [2.05, 4.69) is 15.2 Å². The quantitative estimate of drug-likeness (QED) is 0.749. The molecule has 0 saturated carbocycles. The van der Waals surface area contributed by atoms with E-state index in [1.54, 1.807) is 41.4 Å². The van der Waals surface area contributed by atoms with Crippen molar-refractivity contribution in [2.45, 2.75) is 18.4 Å². The first kappa shape index (κ1) is 15.7. The van der Waals surface area contributed by atoms with Gasteiger partial charge in [-0.3, -0.25) is 9.89 Å². The van der Waals surface area contributed by atoms with Gasteiger partial charge >= 0.3 is 0 Å². The Kier molecular flexibility index (Phi) is 3.73. The van der Waals surface area contributed by atoms with Crippen LogP contribution < -0.4 is 0 Å². The number of H-pyrrole nitrogens is 1. The fourth-order valence-electron chi connectivity index (χ4n) is 3.26. The van der Waals surface area contributed by atoms with Crippen molar-refractivity contribution < 1.29 is 14.3 Å². The van der Waals surface area contributed by atoms with Crippen molar-refractivity contribution in [3.05, 3.63) is 59.8 Å². The van der Waals surface area contributed by atoms with Crippen molar-refractivity contribution in [1.82, 2.24) is 20.1 Å². The van der Waals surface area contributed by atoms with Gasteiger partial charge in [0.15, 0.2) is 0 Å². The number of hydrogen-bond donors (Lipinski definition) is 2. The molecule has 1 aliphatic rings. The van der Waals surface area contributed by atoms with E-state index < -0.39 is 11.4 Å². The Morgan fingerprint density at radius 2 is 2.00 bits per heavy atom. The van der Waals surface area contributed by atoms with E-state index in [0.29, 0.717) is 37.0 Å². The lowest BCUT2D eigenvalue weighted by Crippen LogP contribution is -2.45. The Bertz CT molecular complexity index is 918. The van der Waals surface area contributed by atoms with Gasteiger partial charge in [0.05, 0.1) is 5.69 Å². The standard InChI is InChI=1S/C18H17FN4O2/c19-13-3-1-2-12-4-5-14(21-16(12)13)17(24)23-10-7-18(25,8-11-23)15-6-9-20-22-15/h1-6,9,25H,7-8,10-11H2,(H,20,22). The summed E-state index contributed by atoms with van der Waals surface area (Å²) in [6.07, 6.45) is 2.41. The Morgan fingerprint density at radius 1 is 1.20 bits per heavy atom. The number of amides is 1. The second-order valence-corrected chi connectivity index (χ2v) is 6.30. The molecule has 4 rings (SSSR count). The Morgan fingerprint density at radius 3 is 2.72 bits per heavy atom. The molecule has 1 aromatic carbocycles. The van der Waals surface area contributed by atoms with Gasteiger partial charge in [0.2, 0.25) is 0 Å². The van der Waals surface area contributed by atoms with Crippen molar-refractivity contribution in [2.75, 3.05) is 13.1 Å². The van der Waals surface area contributed by atoms with Crippen LogP contribution in [0.4, 0.5) is 4.39 Å². The van der Waals surface area contributed by atoms with E-state index in [1.165, 1.54) is 6.07 Å². The number of benzene rings is 1. The molecule has 128 valence electrons. The molecule has 7 heteroatoms. The zero-order valence-corrected chi connectivity index (χ0v) is 13.4. The highest BCUT2D eigenvalue weighted by Crippen LogP contribution is 2.31. The minimum Gasteiger partial charge on any atom is -0.383 e. The monoisotopic (exact) mass is 340 g/mol. The number of nitrogens with zero attached hydrogens (tertiary/aromatic N) is 3. The molecule has 0 aliphatic carbocycles. The summed E-state index contributed by atoms with van der Waals surface area (Å²) in [5.74, 6) is -0.698. The summed E-state index contributed by atoms with van der Waals surface area (Å²) >= 11 is 0. The van der Waals surface area contributed by atoms with Crippen molar-refractivity contribution in [2.24, 2.45) is 0 Å². The molecule has 0 bridgehead atoms. The van der Waals surface area contributed by atoms with Crippen LogP contribution in [0.2, 0.25) is 0 Å². The second kappa shape index (κ2) is 5.93. The number of nitrogens with one attached hydrogen (secondary N) is 1. The van der Waals surface area contributed by atoms with Crippen LogP contribution in [0.1, 0.15) is 29.0 Å². The summed E-state index contributed by atoms with van der Waals surface area (Å²) in [4.78, 5) is 18.5. The third-order valence-electron chi connectivity index (χ3n) is 4.77. The molecule has 25 heavy (non-hydrogen) atoms. The lowest BCUT2D eigenvalue weighted by molar-refractivity contribution is -0.0245. The van der Waals surface area contributed by atoms with Gasteiger partial charge in [-0.05, 0) is 31.0 Å². The largest absolute Gasteiger partial charge is 0.383 e. The number of halogens is 1. The number of piperidine rings is 1. The molecule has 1 amide bonds. The maximum atomic E-state index is 13.9. The first-order valence-corrected chi connectivity index (χ1v) is 8.14. The normalized spacial score (nSPS) is 17.0. The van der Waals surface area contributed by atoms with E-state index in [1.807, 2.05) is 0 Å². The summed E-state index contributed by atoms with van der Waals surface area (Å²) in [6, 6.07) is 9.75. The smallest absolute Gasteiger partial charge is 0.272 e. The van der Waals surface area contributed by atoms with Gasteiger partial charge in [-0.1, -0.05) is 18.2 Å². The van der Waals surface area contributed by atoms with Gasteiger partial charge in [0.1, 0.15) is 22.6 Å². The summed E-state index contributed by atoms with van der Waals surface area (Å²) in [5.41, 5.74) is 0.0605. The van der Waals surface area contributed by atoms with Crippen LogP contribution in [-0.2, 0) is 5.60 Å². The maximum absolute atomic E-state index is 13.9. The van der Waals surface area contributed by atoms with Crippen LogP contribution >= 0.6 is 0 Å². The molecule has 3 aromatic rings. The zero-order valence-electron chi connectivity index (χ0n) is 13.4. The average Bonchev–Trinajstić information content (AvgIpc) is 3.18. The number of likely N-dealkylation sites (tertiary alicyclic amines) is 1. The molecule has 0 spiro atoms. The van der Waals surface area contributed by atoms with Crippen LogP contribution in [-0.4, -0.2) is 44.2 Å². The highest BCUT2D eigenvalue weighted by atomic mass is 19.1. The van der Waals surface area contributed by atoms with Crippen molar-refractivity contribution in [3.8, 4) is 0 Å². The number of pyridine rings is 1. The zero-order chi connectivity index (χ0) is 17.4. The third kappa shape index (κ3) is 2.76. The number of fused-ring (bicyclic) bond motifs is 1. The number of para-hydroxylation sites is 1. The predicted octanol–water partition coefficient (Wildman–Crippen LogP) is 2.22. The van der Waals surface area contributed by atoms with Gasteiger partial charge < -0.3 is 10.0 Å². The first-order chi connectivity index (χ1) is 12.1. The number of rotatable bonds is 2. The van der Waals surface area contributed by atoms with Gasteiger partial charge in [0.25, 0.3) is 5.91 Å². The Labute approximate surface area is 143 Å². The van der Waals surface area contributed by atoms with E-state index in [4.69, 9.17) is 0 Å². The van der Waals surface area contributed by atoms with Gasteiger partial charge in [-0.15, -0.1) is 0 Å². The summed E-state index contributed by atoms with van der Waals surface area (Å²) in [6.45, 7) is 0.788. The van der Waals surface area contributed by atoms with Gasteiger partial charge in [-0.2, -0.15) is 5.10 Å². The Hall–Kier alpha value is -2.80. The van der Waals surface area contributed by atoms with Crippen LogP contribution in [0, 0.1) is 5.82 Å². The number of aliphatic hydroxyl groups is 1. The average molecular weight is 340 g/mol. The van der Waals surface area contributed by atoms with Crippen LogP contribution in [0.3, 0.4) is 0 Å².